The highest BCUT2D eigenvalue weighted by Gasteiger charge is 2.23. The summed E-state index contributed by atoms with van der Waals surface area (Å²) >= 11 is 7.69. The Hall–Kier alpha value is -2.11. The second-order valence-electron chi connectivity index (χ2n) is 6.14. The lowest BCUT2D eigenvalue weighted by molar-refractivity contribution is 0.0596. The fourth-order valence-corrected chi connectivity index (χ4v) is 3.80. The molecule has 144 valence electrons. The number of hydrogen-bond donors (Lipinski definition) is 1. The molecule has 4 nitrogen and oxygen atoms in total. The molecule has 0 saturated carbocycles. The third-order valence-electron chi connectivity index (χ3n) is 3.99. The van der Waals surface area contributed by atoms with Crippen LogP contribution in [0, 0.1) is 0 Å². The maximum absolute atomic E-state index is 12.3. The Morgan fingerprint density at radius 3 is 2.56 bits per heavy atom. The lowest BCUT2D eigenvalue weighted by atomic mass is 9.99. The lowest BCUT2D eigenvalue weighted by Crippen LogP contribution is -2.08. The number of esters is 1. The molecule has 0 aliphatic carbocycles. The van der Waals surface area contributed by atoms with E-state index in [0.29, 0.717) is 34.1 Å². The number of rotatable bonds is 7. The fraction of sp³-hybridized carbons (Fsp3) is 0.286. The normalized spacial score (nSPS) is 10.4. The van der Waals surface area contributed by atoms with Crippen LogP contribution in [0.25, 0.3) is 0 Å². The first-order valence-corrected chi connectivity index (χ1v) is 9.76. The van der Waals surface area contributed by atoms with Gasteiger partial charge in [0.1, 0.15) is 17.1 Å². The number of thioether (sulfide) groups is 1. The molecule has 0 saturated heterocycles. The average molecular weight is 407 g/mol. The Balaban J connectivity index is 2.48. The second kappa shape index (κ2) is 9.72. The number of carbonyl (C=O) groups is 1. The quantitative estimate of drug-likeness (QED) is 0.366. The van der Waals surface area contributed by atoms with Gasteiger partial charge in [-0.05, 0) is 44.0 Å². The Labute approximate surface area is 169 Å². The monoisotopic (exact) mass is 406 g/mol. The standard InChI is InChI=1S/C21H23ClO4S/c1-13(2)9-10-15-17(25-3)11-14(19(20(15)23)21(24)26-4)12-27-18-8-6-5-7-16(18)22/h5-9,11,23H,10,12H2,1-4H3. The highest BCUT2D eigenvalue weighted by Crippen LogP contribution is 2.39. The van der Waals surface area contributed by atoms with Gasteiger partial charge in [-0.3, -0.25) is 0 Å². The zero-order valence-electron chi connectivity index (χ0n) is 15.8. The summed E-state index contributed by atoms with van der Waals surface area (Å²) in [5.74, 6) is 0.283. The summed E-state index contributed by atoms with van der Waals surface area (Å²) in [7, 11) is 2.84. The van der Waals surface area contributed by atoms with Crippen molar-refractivity contribution in [3.63, 3.8) is 0 Å². The number of halogens is 1. The Bertz CT molecular complexity index is 858. The van der Waals surface area contributed by atoms with Crippen molar-refractivity contribution < 1.29 is 19.4 Å². The molecule has 0 aliphatic heterocycles. The minimum Gasteiger partial charge on any atom is -0.507 e. The van der Waals surface area contributed by atoms with Crippen molar-refractivity contribution in [2.75, 3.05) is 14.2 Å². The van der Waals surface area contributed by atoms with Crippen LogP contribution >= 0.6 is 23.4 Å². The summed E-state index contributed by atoms with van der Waals surface area (Å²) in [6.07, 6.45) is 2.43. The third kappa shape index (κ3) is 5.21. The van der Waals surface area contributed by atoms with Gasteiger partial charge < -0.3 is 14.6 Å². The summed E-state index contributed by atoms with van der Waals surface area (Å²) in [6.45, 7) is 3.94. The zero-order chi connectivity index (χ0) is 20.0. The van der Waals surface area contributed by atoms with Gasteiger partial charge in [-0.1, -0.05) is 35.4 Å². The lowest BCUT2D eigenvalue weighted by Gasteiger charge is -2.17. The Morgan fingerprint density at radius 2 is 1.96 bits per heavy atom. The van der Waals surface area contributed by atoms with E-state index < -0.39 is 5.97 Å². The summed E-state index contributed by atoms with van der Waals surface area (Å²) < 4.78 is 10.4. The van der Waals surface area contributed by atoms with E-state index in [1.807, 2.05) is 44.2 Å². The van der Waals surface area contributed by atoms with Gasteiger partial charge in [0.05, 0.1) is 19.2 Å². The van der Waals surface area contributed by atoms with Crippen LogP contribution in [0.3, 0.4) is 0 Å². The minimum absolute atomic E-state index is 0.103. The molecule has 6 heteroatoms. The molecule has 2 aromatic rings. The van der Waals surface area contributed by atoms with Crippen LogP contribution in [0.2, 0.25) is 5.02 Å². The van der Waals surface area contributed by atoms with E-state index in [9.17, 15) is 9.90 Å². The predicted octanol–water partition coefficient (Wildman–Crippen LogP) is 5.64. The number of hydrogen-bond acceptors (Lipinski definition) is 5. The van der Waals surface area contributed by atoms with Crippen molar-refractivity contribution in [1.29, 1.82) is 0 Å². The zero-order valence-corrected chi connectivity index (χ0v) is 17.4. The molecular formula is C21H23ClO4S. The molecule has 0 aromatic heterocycles. The molecule has 0 unspecified atom stereocenters. The highest BCUT2D eigenvalue weighted by atomic mass is 35.5. The first kappa shape index (κ1) is 21.2. The van der Waals surface area contributed by atoms with Crippen LogP contribution < -0.4 is 4.74 Å². The number of allylic oxidation sites excluding steroid dienone is 2. The fourth-order valence-electron chi connectivity index (χ4n) is 2.58. The van der Waals surface area contributed by atoms with E-state index in [-0.39, 0.29) is 11.3 Å². The van der Waals surface area contributed by atoms with Crippen molar-refractivity contribution in [1.82, 2.24) is 0 Å². The van der Waals surface area contributed by atoms with Crippen LogP contribution in [0.15, 0.2) is 46.9 Å². The summed E-state index contributed by atoms with van der Waals surface area (Å²) in [6, 6.07) is 9.26. The largest absolute Gasteiger partial charge is 0.507 e. The van der Waals surface area contributed by atoms with Crippen LogP contribution in [0.4, 0.5) is 0 Å². The predicted molar refractivity (Wildman–Crippen MR) is 110 cm³/mol. The number of phenols is 1. The van der Waals surface area contributed by atoms with Crippen molar-refractivity contribution in [2.24, 2.45) is 0 Å². The first-order valence-electron chi connectivity index (χ1n) is 8.39. The number of aromatic hydroxyl groups is 1. The molecule has 0 amide bonds. The van der Waals surface area contributed by atoms with Crippen molar-refractivity contribution in [3.05, 3.63) is 63.7 Å². The van der Waals surface area contributed by atoms with Crippen LogP contribution in [-0.2, 0) is 16.9 Å². The molecule has 0 fully saturated rings. The number of benzene rings is 2. The van der Waals surface area contributed by atoms with E-state index in [1.165, 1.54) is 18.9 Å². The van der Waals surface area contributed by atoms with Crippen molar-refractivity contribution in [2.45, 2.75) is 30.9 Å². The molecule has 2 rings (SSSR count). The molecule has 0 spiro atoms. The van der Waals surface area contributed by atoms with Crippen molar-refractivity contribution in [3.8, 4) is 11.5 Å². The van der Waals surface area contributed by atoms with Gasteiger partial charge in [-0.25, -0.2) is 4.79 Å². The molecule has 0 heterocycles. The topological polar surface area (TPSA) is 55.8 Å². The number of methoxy groups -OCH3 is 2. The summed E-state index contributed by atoms with van der Waals surface area (Å²) in [5, 5.41) is 11.4. The van der Waals surface area contributed by atoms with E-state index in [1.54, 1.807) is 13.2 Å². The van der Waals surface area contributed by atoms with Gasteiger partial charge in [-0.15, -0.1) is 11.8 Å². The average Bonchev–Trinajstić information content (AvgIpc) is 2.65. The molecule has 2 aromatic carbocycles. The van der Waals surface area contributed by atoms with Gasteiger partial charge in [0, 0.05) is 16.2 Å². The van der Waals surface area contributed by atoms with E-state index >= 15 is 0 Å². The van der Waals surface area contributed by atoms with Gasteiger partial charge in [-0.2, -0.15) is 0 Å². The first-order chi connectivity index (χ1) is 12.9. The maximum Gasteiger partial charge on any atom is 0.341 e. The number of phenolic OH excluding ortho intramolecular Hbond substituents is 1. The second-order valence-corrected chi connectivity index (χ2v) is 7.56. The van der Waals surface area contributed by atoms with Gasteiger partial charge in [0.15, 0.2) is 0 Å². The van der Waals surface area contributed by atoms with Crippen LogP contribution in [0.1, 0.15) is 35.3 Å². The number of carbonyl (C=O) groups excluding carboxylic acids is 1. The smallest absolute Gasteiger partial charge is 0.341 e. The van der Waals surface area contributed by atoms with Gasteiger partial charge in [0.2, 0.25) is 0 Å². The molecule has 0 bridgehead atoms. The third-order valence-corrected chi connectivity index (χ3v) is 5.55. The molecule has 0 atom stereocenters. The summed E-state index contributed by atoms with van der Waals surface area (Å²) in [5.41, 5.74) is 2.46. The maximum atomic E-state index is 12.3. The van der Waals surface area contributed by atoms with Gasteiger partial charge in [0.25, 0.3) is 0 Å². The molecule has 0 radical (unpaired) electrons. The molecule has 0 aliphatic rings. The molecule has 27 heavy (non-hydrogen) atoms. The number of ether oxygens (including phenoxy) is 2. The highest BCUT2D eigenvalue weighted by molar-refractivity contribution is 7.98. The van der Waals surface area contributed by atoms with E-state index in [4.69, 9.17) is 21.1 Å². The van der Waals surface area contributed by atoms with Gasteiger partial charge >= 0.3 is 5.97 Å². The van der Waals surface area contributed by atoms with Crippen LogP contribution in [0.5, 0.6) is 11.5 Å². The minimum atomic E-state index is -0.580. The Morgan fingerprint density at radius 1 is 1.26 bits per heavy atom. The SMILES string of the molecule is COC(=O)c1c(CSc2ccccc2Cl)cc(OC)c(CC=C(C)C)c1O. The van der Waals surface area contributed by atoms with Crippen LogP contribution in [-0.4, -0.2) is 25.3 Å². The molecular weight excluding hydrogens is 384 g/mol. The summed E-state index contributed by atoms with van der Waals surface area (Å²) in [4.78, 5) is 13.2. The van der Waals surface area contributed by atoms with E-state index in [0.717, 1.165) is 10.5 Å². The Kier molecular flexibility index (Phi) is 7.63. The van der Waals surface area contributed by atoms with E-state index in [2.05, 4.69) is 0 Å². The van der Waals surface area contributed by atoms with Crippen molar-refractivity contribution >= 4 is 29.3 Å². The molecule has 1 N–H and O–H groups in total.